The van der Waals surface area contributed by atoms with Crippen LogP contribution in [0.15, 0.2) is 18.2 Å². The fourth-order valence-electron chi connectivity index (χ4n) is 1.38. The largest absolute Gasteiger partial charge is 0.480 e. The van der Waals surface area contributed by atoms with Crippen LogP contribution in [0.25, 0.3) is 0 Å². The third kappa shape index (κ3) is 2.77. The fourth-order valence-corrected chi connectivity index (χ4v) is 1.38. The van der Waals surface area contributed by atoms with Crippen LogP contribution < -0.4 is 5.73 Å². The van der Waals surface area contributed by atoms with E-state index in [2.05, 4.69) is 0 Å². The summed E-state index contributed by atoms with van der Waals surface area (Å²) in [5, 5.41) is 19.3. The molecule has 6 nitrogen and oxygen atoms in total. The van der Waals surface area contributed by atoms with Gasteiger partial charge in [-0.2, -0.15) is 0 Å². The molecule has 1 rings (SSSR count). The van der Waals surface area contributed by atoms with Crippen molar-refractivity contribution in [3.63, 3.8) is 0 Å². The molecule has 0 saturated heterocycles. The van der Waals surface area contributed by atoms with Crippen molar-refractivity contribution >= 4 is 11.7 Å². The maximum atomic E-state index is 10.7. The standard InChI is InChI=1S/C10H12N2O4/c1-6-2-3-9(12(15)16)7(4-6)5-8(11)10(13)14/h2-4,8H,5,11H2,1H3,(H,13,14)/t8-/m0/s1. The van der Waals surface area contributed by atoms with Gasteiger partial charge >= 0.3 is 5.97 Å². The van der Waals surface area contributed by atoms with E-state index < -0.39 is 16.9 Å². The smallest absolute Gasteiger partial charge is 0.320 e. The van der Waals surface area contributed by atoms with Crippen molar-refractivity contribution in [2.45, 2.75) is 19.4 Å². The van der Waals surface area contributed by atoms with Crippen LogP contribution in [-0.2, 0) is 11.2 Å². The number of rotatable bonds is 4. The Morgan fingerprint density at radius 3 is 2.75 bits per heavy atom. The van der Waals surface area contributed by atoms with E-state index in [0.717, 1.165) is 5.56 Å². The van der Waals surface area contributed by atoms with Crippen molar-refractivity contribution < 1.29 is 14.8 Å². The molecule has 0 spiro atoms. The van der Waals surface area contributed by atoms with Gasteiger partial charge in [0.1, 0.15) is 6.04 Å². The molecule has 0 bridgehead atoms. The Kier molecular flexibility index (Phi) is 3.57. The third-order valence-corrected chi connectivity index (χ3v) is 2.19. The molecule has 0 radical (unpaired) electrons. The van der Waals surface area contributed by atoms with Gasteiger partial charge in [-0.15, -0.1) is 0 Å². The highest BCUT2D eigenvalue weighted by molar-refractivity contribution is 5.73. The topological polar surface area (TPSA) is 106 Å². The van der Waals surface area contributed by atoms with Crippen molar-refractivity contribution in [1.29, 1.82) is 0 Å². The number of nitrogens with zero attached hydrogens (tertiary/aromatic N) is 1. The van der Waals surface area contributed by atoms with E-state index in [-0.39, 0.29) is 12.1 Å². The summed E-state index contributed by atoms with van der Waals surface area (Å²) in [6.07, 6.45) is -0.0483. The number of nitro benzene ring substituents is 1. The number of carbonyl (C=O) groups is 1. The minimum Gasteiger partial charge on any atom is -0.480 e. The SMILES string of the molecule is Cc1ccc([N+](=O)[O-])c(C[C@H](N)C(=O)O)c1. The van der Waals surface area contributed by atoms with Crippen LogP contribution in [0.2, 0.25) is 0 Å². The van der Waals surface area contributed by atoms with Crippen molar-refractivity contribution in [3.8, 4) is 0 Å². The van der Waals surface area contributed by atoms with E-state index in [1.807, 2.05) is 0 Å². The fraction of sp³-hybridized carbons (Fsp3) is 0.300. The zero-order valence-corrected chi connectivity index (χ0v) is 8.71. The summed E-state index contributed by atoms with van der Waals surface area (Å²) in [4.78, 5) is 20.7. The summed E-state index contributed by atoms with van der Waals surface area (Å²) in [6.45, 7) is 1.78. The van der Waals surface area contributed by atoms with E-state index in [1.165, 1.54) is 6.07 Å². The maximum Gasteiger partial charge on any atom is 0.320 e. The molecular formula is C10H12N2O4. The number of hydrogen-bond donors (Lipinski definition) is 2. The predicted octanol–water partition coefficient (Wildman–Crippen LogP) is 0.858. The molecule has 1 aromatic rings. The van der Waals surface area contributed by atoms with Crippen molar-refractivity contribution in [3.05, 3.63) is 39.4 Å². The third-order valence-electron chi connectivity index (χ3n) is 2.19. The van der Waals surface area contributed by atoms with E-state index >= 15 is 0 Å². The van der Waals surface area contributed by atoms with E-state index in [0.29, 0.717) is 5.56 Å². The number of nitrogens with two attached hydrogens (primary N) is 1. The van der Waals surface area contributed by atoms with Gasteiger partial charge in [0.2, 0.25) is 0 Å². The van der Waals surface area contributed by atoms with Gasteiger partial charge in [0, 0.05) is 18.1 Å². The zero-order valence-electron chi connectivity index (χ0n) is 8.71. The first kappa shape index (κ1) is 12.1. The first-order chi connectivity index (χ1) is 7.41. The first-order valence-electron chi connectivity index (χ1n) is 4.64. The predicted molar refractivity (Wildman–Crippen MR) is 57.1 cm³/mol. The van der Waals surface area contributed by atoms with E-state index in [4.69, 9.17) is 10.8 Å². The molecule has 0 heterocycles. The van der Waals surface area contributed by atoms with Gasteiger partial charge in [0.05, 0.1) is 4.92 Å². The van der Waals surface area contributed by atoms with E-state index in [9.17, 15) is 14.9 Å². The van der Waals surface area contributed by atoms with Gasteiger partial charge in [0.25, 0.3) is 5.69 Å². The van der Waals surface area contributed by atoms with E-state index in [1.54, 1.807) is 19.1 Å². The van der Waals surface area contributed by atoms with Crippen LogP contribution in [0.1, 0.15) is 11.1 Å². The zero-order chi connectivity index (χ0) is 12.3. The number of benzene rings is 1. The number of aryl methyl sites for hydroxylation is 1. The highest BCUT2D eigenvalue weighted by atomic mass is 16.6. The van der Waals surface area contributed by atoms with Crippen LogP contribution >= 0.6 is 0 Å². The second kappa shape index (κ2) is 4.71. The lowest BCUT2D eigenvalue weighted by molar-refractivity contribution is -0.385. The molecule has 86 valence electrons. The summed E-state index contributed by atoms with van der Waals surface area (Å²) in [5.41, 5.74) is 6.43. The van der Waals surface area contributed by atoms with Crippen molar-refractivity contribution in [2.24, 2.45) is 5.73 Å². The molecule has 1 aromatic carbocycles. The molecule has 6 heteroatoms. The summed E-state index contributed by atoms with van der Waals surface area (Å²) < 4.78 is 0. The Bertz CT molecular complexity index is 431. The van der Waals surface area contributed by atoms with Crippen molar-refractivity contribution in [1.82, 2.24) is 0 Å². The van der Waals surface area contributed by atoms with Gasteiger partial charge in [0.15, 0.2) is 0 Å². The monoisotopic (exact) mass is 224 g/mol. The molecule has 0 aliphatic carbocycles. The summed E-state index contributed by atoms with van der Waals surface area (Å²) >= 11 is 0. The van der Waals surface area contributed by atoms with Crippen molar-refractivity contribution in [2.75, 3.05) is 0 Å². The highest BCUT2D eigenvalue weighted by Crippen LogP contribution is 2.20. The highest BCUT2D eigenvalue weighted by Gasteiger charge is 2.19. The molecule has 0 unspecified atom stereocenters. The van der Waals surface area contributed by atoms with Crippen LogP contribution in [0.5, 0.6) is 0 Å². The van der Waals surface area contributed by atoms with Gasteiger partial charge in [-0.05, 0) is 13.0 Å². The number of hydrogen-bond acceptors (Lipinski definition) is 4. The molecule has 3 N–H and O–H groups in total. The summed E-state index contributed by atoms with van der Waals surface area (Å²) in [5.74, 6) is -1.17. The molecule has 0 aliphatic rings. The lowest BCUT2D eigenvalue weighted by Gasteiger charge is -2.07. The lowest BCUT2D eigenvalue weighted by atomic mass is 10.0. The van der Waals surface area contributed by atoms with Gasteiger partial charge in [-0.1, -0.05) is 11.6 Å². The minimum absolute atomic E-state index is 0.0483. The van der Waals surface area contributed by atoms with Crippen LogP contribution in [0, 0.1) is 17.0 Å². The van der Waals surface area contributed by atoms with Gasteiger partial charge < -0.3 is 10.8 Å². The van der Waals surface area contributed by atoms with Crippen LogP contribution in [-0.4, -0.2) is 22.0 Å². The molecule has 16 heavy (non-hydrogen) atoms. The Labute approximate surface area is 91.8 Å². The molecule has 1 atom stereocenters. The Balaban J connectivity index is 3.05. The number of nitro groups is 1. The van der Waals surface area contributed by atoms with Crippen LogP contribution in [0.4, 0.5) is 5.69 Å². The quantitative estimate of drug-likeness (QED) is 0.582. The molecule has 0 aromatic heterocycles. The Morgan fingerprint density at radius 1 is 1.62 bits per heavy atom. The second-order valence-electron chi connectivity index (χ2n) is 3.54. The second-order valence-corrected chi connectivity index (χ2v) is 3.54. The Hall–Kier alpha value is -1.95. The number of carboxylic acid groups (broad SMARTS) is 1. The number of carboxylic acids is 1. The summed E-state index contributed by atoms with van der Waals surface area (Å²) in [7, 11) is 0. The molecule has 0 aliphatic heterocycles. The molecule has 0 saturated carbocycles. The Morgan fingerprint density at radius 2 is 2.25 bits per heavy atom. The normalized spacial score (nSPS) is 12.1. The number of aliphatic carboxylic acids is 1. The first-order valence-corrected chi connectivity index (χ1v) is 4.64. The van der Waals surface area contributed by atoms with Gasteiger partial charge in [-0.3, -0.25) is 14.9 Å². The lowest BCUT2D eigenvalue weighted by Crippen LogP contribution is -2.32. The average Bonchev–Trinajstić information content (AvgIpc) is 2.16. The average molecular weight is 224 g/mol. The summed E-state index contributed by atoms with van der Waals surface area (Å²) in [6, 6.07) is 3.43. The molecule has 0 amide bonds. The minimum atomic E-state index is -1.17. The maximum absolute atomic E-state index is 10.7. The molecular weight excluding hydrogens is 212 g/mol. The molecule has 0 fully saturated rings. The van der Waals surface area contributed by atoms with Gasteiger partial charge in [-0.25, -0.2) is 0 Å². The van der Waals surface area contributed by atoms with Crippen LogP contribution in [0.3, 0.4) is 0 Å².